The number of hydrogen-bond donors (Lipinski definition) is 1. The molecule has 0 spiro atoms. The van der Waals surface area contributed by atoms with Crippen LogP contribution in [0.2, 0.25) is 0 Å². The fourth-order valence-electron chi connectivity index (χ4n) is 2.66. The fraction of sp³-hybridized carbons (Fsp3) is 0.333. The number of amidine groups is 1. The molecule has 102 valence electrons. The maximum atomic E-state index is 11.9. The van der Waals surface area contributed by atoms with Crippen LogP contribution >= 0.6 is 0 Å². The average molecular weight is 269 g/mol. The number of carbonyl (C=O) groups is 1. The summed E-state index contributed by atoms with van der Waals surface area (Å²) in [6.07, 6.45) is 6.30. The molecule has 5 heteroatoms. The van der Waals surface area contributed by atoms with Crippen molar-refractivity contribution in [3.63, 3.8) is 0 Å². The monoisotopic (exact) mass is 269 g/mol. The quantitative estimate of drug-likeness (QED) is 0.827. The highest BCUT2D eigenvalue weighted by molar-refractivity contribution is 6.03. The van der Waals surface area contributed by atoms with Crippen LogP contribution in [0, 0.1) is 12.3 Å². The van der Waals surface area contributed by atoms with E-state index in [1.807, 2.05) is 18.2 Å². The topological polar surface area (TPSA) is 67.9 Å². The standard InChI is InChI=1S/C15H15N3O2/c1-3-9(2)18-13(14(16)17-15(18)19)11-4-5-12-10(8-11)6-7-20-12/h1,4-5,8-9,13H,6-7H2,2H3,(H2,16,17,19). The normalized spacial score (nSPS) is 22.0. The van der Waals surface area contributed by atoms with Crippen LogP contribution in [0.15, 0.2) is 23.2 Å². The maximum absolute atomic E-state index is 11.9. The third-order valence-electron chi connectivity index (χ3n) is 3.69. The van der Waals surface area contributed by atoms with Crippen molar-refractivity contribution in [2.24, 2.45) is 10.7 Å². The zero-order chi connectivity index (χ0) is 14.3. The summed E-state index contributed by atoms with van der Waals surface area (Å²) in [7, 11) is 0. The van der Waals surface area contributed by atoms with Gasteiger partial charge in [-0.15, -0.1) is 6.42 Å². The maximum Gasteiger partial charge on any atom is 0.347 e. The Labute approximate surface area is 117 Å². The Morgan fingerprint density at radius 3 is 3.15 bits per heavy atom. The van der Waals surface area contributed by atoms with E-state index in [-0.39, 0.29) is 24.0 Å². The summed E-state index contributed by atoms with van der Waals surface area (Å²) in [5.74, 6) is 3.74. The molecule has 20 heavy (non-hydrogen) atoms. The summed E-state index contributed by atoms with van der Waals surface area (Å²) in [5, 5.41) is 0. The molecule has 2 amide bonds. The van der Waals surface area contributed by atoms with Gasteiger partial charge in [-0.05, 0) is 30.2 Å². The Morgan fingerprint density at radius 2 is 2.40 bits per heavy atom. The third kappa shape index (κ3) is 1.81. The van der Waals surface area contributed by atoms with Gasteiger partial charge in [0.25, 0.3) is 0 Å². The smallest absolute Gasteiger partial charge is 0.347 e. The first-order valence-corrected chi connectivity index (χ1v) is 6.50. The molecule has 5 nitrogen and oxygen atoms in total. The number of nitrogens with two attached hydrogens (primary N) is 1. The lowest BCUT2D eigenvalue weighted by Gasteiger charge is -2.27. The van der Waals surface area contributed by atoms with Gasteiger partial charge in [-0.25, -0.2) is 4.79 Å². The van der Waals surface area contributed by atoms with Gasteiger partial charge < -0.3 is 10.5 Å². The van der Waals surface area contributed by atoms with Gasteiger partial charge in [0.15, 0.2) is 0 Å². The highest BCUT2D eigenvalue weighted by atomic mass is 16.5. The number of aliphatic imine (C=N–C) groups is 1. The predicted molar refractivity (Wildman–Crippen MR) is 75.5 cm³/mol. The number of terminal acetylenes is 1. The van der Waals surface area contributed by atoms with Gasteiger partial charge in [0.1, 0.15) is 17.6 Å². The molecule has 0 radical (unpaired) electrons. The van der Waals surface area contributed by atoms with E-state index in [4.69, 9.17) is 16.9 Å². The molecular weight excluding hydrogens is 254 g/mol. The summed E-state index contributed by atoms with van der Waals surface area (Å²) in [6.45, 7) is 2.48. The largest absolute Gasteiger partial charge is 0.493 e. The van der Waals surface area contributed by atoms with Crippen molar-refractivity contribution in [3.05, 3.63) is 29.3 Å². The van der Waals surface area contributed by atoms with Crippen LogP contribution < -0.4 is 10.5 Å². The zero-order valence-corrected chi connectivity index (χ0v) is 11.2. The summed E-state index contributed by atoms with van der Waals surface area (Å²) < 4.78 is 5.49. The summed E-state index contributed by atoms with van der Waals surface area (Å²) in [5.41, 5.74) is 7.96. The SMILES string of the molecule is C#CC(C)N1C(=O)N=C(N)C1c1ccc2c(c1)CCO2. The number of fused-ring (bicyclic) bond motifs is 1. The van der Waals surface area contributed by atoms with E-state index in [9.17, 15) is 4.79 Å². The molecule has 0 fully saturated rings. The molecule has 0 aliphatic carbocycles. The first-order chi connectivity index (χ1) is 9.61. The van der Waals surface area contributed by atoms with Crippen molar-refractivity contribution in [1.29, 1.82) is 0 Å². The van der Waals surface area contributed by atoms with Crippen LogP contribution in [0.4, 0.5) is 4.79 Å². The molecule has 2 aliphatic rings. The summed E-state index contributed by atoms with van der Waals surface area (Å²) in [4.78, 5) is 17.3. The Kier molecular flexibility index (Phi) is 2.87. The van der Waals surface area contributed by atoms with E-state index in [2.05, 4.69) is 10.9 Å². The predicted octanol–water partition coefficient (Wildman–Crippen LogP) is 1.48. The van der Waals surface area contributed by atoms with Crippen molar-refractivity contribution < 1.29 is 9.53 Å². The summed E-state index contributed by atoms with van der Waals surface area (Å²) in [6, 6.07) is 4.71. The van der Waals surface area contributed by atoms with Crippen LogP contribution in [-0.2, 0) is 6.42 Å². The molecule has 0 aromatic heterocycles. The van der Waals surface area contributed by atoms with Crippen molar-refractivity contribution in [3.8, 4) is 18.1 Å². The van der Waals surface area contributed by atoms with Gasteiger partial charge in [-0.3, -0.25) is 4.90 Å². The lowest BCUT2D eigenvalue weighted by atomic mass is 10.0. The molecule has 2 heterocycles. The average Bonchev–Trinajstić information content (AvgIpc) is 3.00. The molecule has 0 saturated heterocycles. The van der Waals surface area contributed by atoms with Gasteiger partial charge in [0.05, 0.1) is 12.6 Å². The van der Waals surface area contributed by atoms with Crippen molar-refractivity contribution in [2.45, 2.75) is 25.4 Å². The second-order valence-electron chi connectivity index (χ2n) is 4.94. The fourth-order valence-corrected chi connectivity index (χ4v) is 2.66. The van der Waals surface area contributed by atoms with E-state index < -0.39 is 0 Å². The van der Waals surface area contributed by atoms with Gasteiger partial charge in [0.2, 0.25) is 0 Å². The van der Waals surface area contributed by atoms with Crippen molar-refractivity contribution >= 4 is 11.9 Å². The van der Waals surface area contributed by atoms with Crippen LogP contribution in [0.25, 0.3) is 0 Å². The second kappa shape index (κ2) is 4.57. The first kappa shape index (κ1) is 12.5. The minimum atomic E-state index is -0.389. The molecule has 1 aromatic carbocycles. The molecular formula is C15H15N3O2. The van der Waals surface area contributed by atoms with Crippen molar-refractivity contribution in [2.75, 3.05) is 6.61 Å². The van der Waals surface area contributed by atoms with Gasteiger partial charge in [0, 0.05) is 6.42 Å². The highest BCUT2D eigenvalue weighted by Crippen LogP contribution is 2.33. The molecule has 0 saturated carbocycles. The number of benzene rings is 1. The van der Waals surface area contributed by atoms with Crippen LogP contribution in [0.1, 0.15) is 24.1 Å². The lowest BCUT2D eigenvalue weighted by molar-refractivity contribution is 0.199. The number of ether oxygens (including phenoxy) is 1. The number of urea groups is 1. The van der Waals surface area contributed by atoms with E-state index in [0.717, 1.165) is 23.3 Å². The minimum Gasteiger partial charge on any atom is -0.493 e. The van der Waals surface area contributed by atoms with Gasteiger partial charge >= 0.3 is 6.03 Å². The molecule has 2 unspecified atom stereocenters. The number of nitrogens with zero attached hydrogens (tertiary/aromatic N) is 2. The summed E-state index contributed by atoms with van der Waals surface area (Å²) >= 11 is 0. The lowest BCUT2D eigenvalue weighted by Crippen LogP contribution is -2.39. The Morgan fingerprint density at radius 1 is 1.60 bits per heavy atom. The Balaban J connectivity index is 2.01. The van der Waals surface area contributed by atoms with E-state index in [0.29, 0.717) is 6.61 Å². The molecule has 3 rings (SSSR count). The Bertz CT molecular complexity index is 645. The van der Waals surface area contributed by atoms with E-state index in [1.165, 1.54) is 4.90 Å². The van der Waals surface area contributed by atoms with E-state index in [1.54, 1.807) is 6.92 Å². The van der Waals surface area contributed by atoms with Crippen LogP contribution in [-0.4, -0.2) is 29.4 Å². The molecule has 2 aliphatic heterocycles. The second-order valence-corrected chi connectivity index (χ2v) is 4.94. The van der Waals surface area contributed by atoms with E-state index >= 15 is 0 Å². The third-order valence-corrected chi connectivity index (χ3v) is 3.69. The Hall–Kier alpha value is -2.48. The van der Waals surface area contributed by atoms with Crippen LogP contribution in [0.5, 0.6) is 5.75 Å². The number of carbonyl (C=O) groups excluding carboxylic acids is 1. The van der Waals surface area contributed by atoms with Crippen molar-refractivity contribution in [1.82, 2.24) is 4.90 Å². The number of rotatable bonds is 2. The number of amides is 2. The van der Waals surface area contributed by atoms with Gasteiger partial charge in [-0.1, -0.05) is 12.0 Å². The molecule has 0 bridgehead atoms. The zero-order valence-electron chi connectivity index (χ0n) is 11.2. The number of hydrogen-bond acceptors (Lipinski definition) is 3. The molecule has 2 N–H and O–H groups in total. The minimum absolute atomic E-state index is 0.288. The molecule has 1 aromatic rings. The highest BCUT2D eigenvalue weighted by Gasteiger charge is 2.37. The van der Waals surface area contributed by atoms with Crippen LogP contribution in [0.3, 0.4) is 0 Å². The first-order valence-electron chi connectivity index (χ1n) is 6.50. The van der Waals surface area contributed by atoms with Gasteiger partial charge in [-0.2, -0.15) is 4.99 Å². The molecule has 2 atom stereocenters.